The van der Waals surface area contributed by atoms with E-state index in [0.29, 0.717) is 24.2 Å². The molecule has 1 heterocycles. The van der Waals surface area contributed by atoms with Gasteiger partial charge in [0, 0.05) is 6.54 Å². The molecule has 6 heteroatoms. The first-order valence-corrected chi connectivity index (χ1v) is 10.7. The predicted molar refractivity (Wildman–Crippen MR) is 110 cm³/mol. The fraction of sp³-hybridized carbons (Fsp3) is 0.429. The molecule has 0 amide bonds. The Labute approximate surface area is 167 Å². The van der Waals surface area contributed by atoms with E-state index in [9.17, 15) is 12.8 Å². The second kappa shape index (κ2) is 9.18. The number of nitrogens with zero attached hydrogens (tertiary/aromatic N) is 1. The third-order valence-corrected chi connectivity index (χ3v) is 7.69. The van der Waals surface area contributed by atoms with Crippen LogP contribution in [0.1, 0.15) is 29.5 Å². The first kappa shape index (κ1) is 21.9. The number of likely N-dealkylation sites (tertiary alicyclic amines) is 1. The Morgan fingerprint density at radius 2 is 1.74 bits per heavy atom. The van der Waals surface area contributed by atoms with Crippen LogP contribution >= 0.6 is 12.4 Å². The van der Waals surface area contributed by atoms with Gasteiger partial charge in [0.25, 0.3) is 0 Å². The number of rotatable bonds is 5. The van der Waals surface area contributed by atoms with Gasteiger partial charge in [-0.05, 0) is 69.5 Å². The van der Waals surface area contributed by atoms with Crippen LogP contribution in [0.4, 0.5) is 4.39 Å². The quantitative estimate of drug-likeness (QED) is 0.734. The van der Waals surface area contributed by atoms with E-state index >= 15 is 0 Å². The molecular weight excluding hydrogens is 385 g/mol. The first-order valence-electron chi connectivity index (χ1n) is 9.15. The number of piperidine rings is 1. The van der Waals surface area contributed by atoms with Crippen molar-refractivity contribution in [2.75, 3.05) is 19.6 Å². The summed E-state index contributed by atoms with van der Waals surface area (Å²) in [7, 11) is -3.29. The lowest BCUT2D eigenvalue weighted by atomic mass is 10.1. The molecule has 0 radical (unpaired) electrons. The number of sulfone groups is 1. The molecule has 0 N–H and O–H groups in total. The molecule has 1 aliphatic heterocycles. The molecule has 1 fully saturated rings. The fourth-order valence-corrected chi connectivity index (χ4v) is 5.68. The Kier molecular flexibility index (Phi) is 7.43. The lowest BCUT2D eigenvalue weighted by molar-refractivity contribution is 0.232. The maximum absolute atomic E-state index is 13.7. The van der Waals surface area contributed by atoms with Crippen molar-refractivity contribution in [1.82, 2.24) is 4.90 Å². The molecule has 2 aromatic carbocycles. The fourth-order valence-electron chi connectivity index (χ4n) is 3.72. The molecule has 0 bridgehead atoms. The van der Waals surface area contributed by atoms with Crippen LogP contribution in [0.3, 0.4) is 0 Å². The molecule has 3 nitrogen and oxygen atoms in total. The Bertz CT molecular complexity index is 878. The van der Waals surface area contributed by atoms with E-state index < -0.39 is 9.84 Å². The smallest absolute Gasteiger partial charge is 0.181 e. The van der Waals surface area contributed by atoms with Crippen molar-refractivity contribution in [3.8, 4) is 0 Å². The molecule has 1 saturated heterocycles. The zero-order valence-corrected chi connectivity index (χ0v) is 17.5. The highest BCUT2D eigenvalue weighted by Gasteiger charge is 2.32. The van der Waals surface area contributed by atoms with Crippen LogP contribution in [0, 0.1) is 19.7 Å². The third-order valence-electron chi connectivity index (χ3n) is 5.27. The monoisotopic (exact) mass is 411 g/mol. The summed E-state index contributed by atoms with van der Waals surface area (Å²) in [6.45, 7) is 6.07. The van der Waals surface area contributed by atoms with Crippen molar-refractivity contribution in [2.45, 2.75) is 43.3 Å². The maximum atomic E-state index is 13.7. The van der Waals surface area contributed by atoms with Gasteiger partial charge in [-0.25, -0.2) is 12.8 Å². The minimum absolute atomic E-state index is 0. The first-order chi connectivity index (χ1) is 12.4. The summed E-state index contributed by atoms with van der Waals surface area (Å²) < 4.78 is 39.7. The van der Waals surface area contributed by atoms with Crippen LogP contribution in [0.2, 0.25) is 0 Å². The molecule has 0 aliphatic carbocycles. The molecular formula is C21H27ClFNO2S. The van der Waals surface area contributed by atoms with Crippen molar-refractivity contribution in [3.05, 3.63) is 65.0 Å². The molecule has 0 spiro atoms. The van der Waals surface area contributed by atoms with E-state index in [4.69, 9.17) is 0 Å². The van der Waals surface area contributed by atoms with Gasteiger partial charge in [0.2, 0.25) is 0 Å². The number of aryl methyl sites for hydroxylation is 2. The van der Waals surface area contributed by atoms with Crippen LogP contribution in [0.25, 0.3) is 0 Å². The van der Waals surface area contributed by atoms with Crippen molar-refractivity contribution >= 4 is 22.2 Å². The SMILES string of the molecule is Cc1ccc(S(=O)(=O)C2CCN(CCc3ccccc3F)CC2)c(C)c1.Cl. The summed E-state index contributed by atoms with van der Waals surface area (Å²) in [4.78, 5) is 2.70. The number of halogens is 2. The van der Waals surface area contributed by atoms with Crippen molar-refractivity contribution < 1.29 is 12.8 Å². The van der Waals surface area contributed by atoms with Gasteiger partial charge in [-0.2, -0.15) is 0 Å². The van der Waals surface area contributed by atoms with E-state index in [1.165, 1.54) is 6.07 Å². The summed E-state index contributed by atoms with van der Waals surface area (Å²) in [5, 5.41) is -0.325. The van der Waals surface area contributed by atoms with Gasteiger partial charge in [-0.1, -0.05) is 35.9 Å². The van der Waals surface area contributed by atoms with Crippen molar-refractivity contribution in [3.63, 3.8) is 0 Å². The van der Waals surface area contributed by atoms with Gasteiger partial charge in [0.05, 0.1) is 10.1 Å². The van der Waals surface area contributed by atoms with Crippen LogP contribution in [0.15, 0.2) is 47.4 Å². The lowest BCUT2D eigenvalue weighted by Gasteiger charge is -2.32. The Morgan fingerprint density at radius 3 is 2.37 bits per heavy atom. The standard InChI is InChI=1S/C21H26FNO2S.ClH/c1-16-7-8-21(17(2)15-16)26(24,25)19-10-13-23(14-11-19)12-9-18-5-3-4-6-20(18)22;/h3-8,15,19H,9-14H2,1-2H3;1H. The number of hydrogen-bond donors (Lipinski definition) is 0. The highest BCUT2D eigenvalue weighted by Crippen LogP contribution is 2.27. The zero-order chi connectivity index (χ0) is 18.7. The Morgan fingerprint density at radius 1 is 1.07 bits per heavy atom. The summed E-state index contributed by atoms with van der Waals surface area (Å²) in [5.74, 6) is -0.167. The molecule has 0 saturated carbocycles. The van der Waals surface area contributed by atoms with Crippen LogP contribution in [-0.2, 0) is 16.3 Å². The van der Waals surface area contributed by atoms with E-state index in [1.807, 2.05) is 38.1 Å². The molecule has 2 aromatic rings. The highest BCUT2D eigenvalue weighted by atomic mass is 35.5. The van der Waals surface area contributed by atoms with Gasteiger partial charge in [0.1, 0.15) is 5.82 Å². The van der Waals surface area contributed by atoms with Gasteiger partial charge in [-0.3, -0.25) is 0 Å². The van der Waals surface area contributed by atoms with Crippen molar-refractivity contribution in [1.29, 1.82) is 0 Å². The second-order valence-electron chi connectivity index (χ2n) is 7.20. The number of hydrogen-bond acceptors (Lipinski definition) is 3. The Hall–Kier alpha value is -1.43. The van der Waals surface area contributed by atoms with E-state index in [2.05, 4.69) is 4.90 Å². The van der Waals surface area contributed by atoms with Gasteiger partial charge < -0.3 is 4.90 Å². The summed E-state index contributed by atoms with van der Waals surface area (Å²) >= 11 is 0. The van der Waals surface area contributed by atoms with Crippen LogP contribution in [-0.4, -0.2) is 38.2 Å². The van der Waals surface area contributed by atoms with Crippen molar-refractivity contribution in [2.24, 2.45) is 0 Å². The third kappa shape index (κ3) is 5.09. The Balaban J connectivity index is 0.00000261. The minimum Gasteiger partial charge on any atom is -0.303 e. The average Bonchev–Trinajstić information content (AvgIpc) is 2.61. The number of benzene rings is 2. The lowest BCUT2D eigenvalue weighted by Crippen LogP contribution is -2.40. The average molecular weight is 412 g/mol. The van der Waals surface area contributed by atoms with Gasteiger partial charge in [0.15, 0.2) is 9.84 Å². The van der Waals surface area contributed by atoms with E-state index in [-0.39, 0.29) is 23.5 Å². The summed E-state index contributed by atoms with van der Waals surface area (Å²) in [6, 6.07) is 12.4. The van der Waals surface area contributed by atoms with Crippen LogP contribution in [0.5, 0.6) is 0 Å². The van der Waals surface area contributed by atoms with E-state index in [0.717, 1.165) is 36.3 Å². The molecule has 27 heavy (non-hydrogen) atoms. The second-order valence-corrected chi connectivity index (χ2v) is 9.39. The summed E-state index contributed by atoms with van der Waals surface area (Å²) in [6.07, 6.45) is 1.92. The topological polar surface area (TPSA) is 37.4 Å². The maximum Gasteiger partial charge on any atom is 0.181 e. The summed E-state index contributed by atoms with van der Waals surface area (Å²) in [5.41, 5.74) is 2.62. The zero-order valence-electron chi connectivity index (χ0n) is 15.8. The normalized spacial score (nSPS) is 16.1. The molecule has 0 aromatic heterocycles. The predicted octanol–water partition coefficient (Wildman–Crippen LogP) is 4.35. The van der Waals surface area contributed by atoms with E-state index in [1.54, 1.807) is 12.1 Å². The minimum atomic E-state index is -3.29. The van der Waals surface area contributed by atoms with Crippen LogP contribution < -0.4 is 0 Å². The van der Waals surface area contributed by atoms with Gasteiger partial charge >= 0.3 is 0 Å². The largest absolute Gasteiger partial charge is 0.303 e. The molecule has 0 unspecified atom stereocenters. The highest BCUT2D eigenvalue weighted by molar-refractivity contribution is 7.92. The molecule has 148 valence electrons. The molecule has 3 rings (SSSR count). The molecule has 1 aliphatic rings. The molecule has 0 atom stereocenters. The van der Waals surface area contributed by atoms with Gasteiger partial charge in [-0.15, -0.1) is 12.4 Å².